The van der Waals surface area contributed by atoms with E-state index in [1.807, 2.05) is 11.4 Å². The van der Waals surface area contributed by atoms with Crippen molar-refractivity contribution in [3.8, 4) is 0 Å². The van der Waals surface area contributed by atoms with Crippen LogP contribution in [-0.2, 0) is 4.79 Å². The van der Waals surface area contributed by atoms with Gasteiger partial charge >= 0.3 is 6.03 Å². The van der Waals surface area contributed by atoms with E-state index in [0.717, 1.165) is 19.3 Å². The van der Waals surface area contributed by atoms with Gasteiger partial charge in [-0.3, -0.25) is 4.79 Å². The van der Waals surface area contributed by atoms with Gasteiger partial charge in [0.1, 0.15) is 0 Å². The molecular weight excluding hydrogens is 286 g/mol. The van der Waals surface area contributed by atoms with Gasteiger partial charge in [-0.2, -0.15) is 0 Å². The molecule has 3 amide bonds. The summed E-state index contributed by atoms with van der Waals surface area (Å²) in [6.07, 6.45) is 3.08. The number of carbonyl (C=O) groups excluding carboxylic acids is 2. The molecule has 0 saturated carbocycles. The molecule has 0 spiro atoms. The summed E-state index contributed by atoms with van der Waals surface area (Å²) >= 11 is 1.67. The van der Waals surface area contributed by atoms with Crippen LogP contribution >= 0.6 is 11.3 Å². The third-order valence-corrected chi connectivity index (χ3v) is 4.17. The van der Waals surface area contributed by atoms with E-state index in [-0.39, 0.29) is 11.9 Å². The van der Waals surface area contributed by atoms with E-state index in [2.05, 4.69) is 30.5 Å². The fourth-order valence-electron chi connectivity index (χ4n) is 2.08. The van der Waals surface area contributed by atoms with Crippen LogP contribution in [0.4, 0.5) is 4.79 Å². The number of primary amides is 1. The maximum atomic E-state index is 12.0. The molecule has 0 fully saturated rings. The standard InChI is InChI=1S/C15H25N3O2S/c1-11(2)14(12-7-6-10-21-12)18-13(19)8-4-3-5-9-17-15(16)20/h6-7,10-11,14H,3-5,8-9H2,1-2H3,(H,18,19)(H3,16,17,20)/t14-/m1/s1. The molecule has 4 N–H and O–H groups in total. The second-order valence-electron chi connectivity index (χ2n) is 5.41. The molecule has 21 heavy (non-hydrogen) atoms. The third kappa shape index (κ3) is 7.13. The lowest BCUT2D eigenvalue weighted by molar-refractivity contribution is -0.122. The van der Waals surface area contributed by atoms with Crippen molar-refractivity contribution < 1.29 is 9.59 Å². The molecule has 6 heteroatoms. The van der Waals surface area contributed by atoms with Crippen LogP contribution in [0.15, 0.2) is 17.5 Å². The van der Waals surface area contributed by atoms with Crippen molar-refractivity contribution >= 4 is 23.3 Å². The Kier molecular flexibility index (Phi) is 7.82. The average Bonchev–Trinajstić information content (AvgIpc) is 2.93. The van der Waals surface area contributed by atoms with Crippen LogP contribution in [0, 0.1) is 5.92 Å². The highest BCUT2D eigenvalue weighted by Crippen LogP contribution is 2.25. The normalized spacial score (nSPS) is 12.1. The van der Waals surface area contributed by atoms with Crippen molar-refractivity contribution in [2.24, 2.45) is 11.7 Å². The van der Waals surface area contributed by atoms with E-state index in [1.165, 1.54) is 4.88 Å². The summed E-state index contributed by atoms with van der Waals surface area (Å²) in [5.41, 5.74) is 4.97. The Bertz CT molecular complexity index is 432. The molecule has 0 aromatic carbocycles. The van der Waals surface area contributed by atoms with Gasteiger partial charge in [-0.25, -0.2) is 4.79 Å². The van der Waals surface area contributed by atoms with Gasteiger partial charge in [0.05, 0.1) is 6.04 Å². The summed E-state index contributed by atoms with van der Waals surface area (Å²) in [4.78, 5) is 23.7. The molecule has 0 saturated heterocycles. The molecule has 0 aliphatic carbocycles. The SMILES string of the molecule is CC(C)[C@@H](NC(=O)CCCCCNC(N)=O)c1cccs1. The van der Waals surface area contributed by atoms with Crippen molar-refractivity contribution in [3.05, 3.63) is 22.4 Å². The lowest BCUT2D eigenvalue weighted by Crippen LogP contribution is -2.31. The summed E-state index contributed by atoms with van der Waals surface area (Å²) in [5, 5.41) is 7.68. The van der Waals surface area contributed by atoms with Crippen molar-refractivity contribution in [2.75, 3.05) is 6.54 Å². The Morgan fingerprint density at radius 3 is 2.62 bits per heavy atom. The van der Waals surface area contributed by atoms with Crippen molar-refractivity contribution in [1.29, 1.82) is 0 Å². The van der Waals surface area contributed by atoms with Crippen LogP contribution in [0.25, 0.3) is 0 Å². The predicted octanol–water partition coefficient (Wildman–Crippen LogP) is 2.79. The van der Waals surface area contributed by atoms with Crippen molar-refractivity contribution in [3.63, 3.8) is 0 Å². The summed E-state index contributed by atoms with van der Waals surface area (Å²) in [6.45, 7) is 4.79. The largest absolute Gasteiger partial charge is 0.352 e. The van der Waals surface area contributed by atoms with E-state index in [1.54, 1.807) is 11.3 Å². The zero-order valence-corrected chi connectivity index (χ0v) is 13.5. The van der Waals surface area contributed by atoms with Gasteiger partial charge in [-0.15, -0.1) is 11.3 Å². The first-order chi connectivity index (χ1) is 10.0. The lowest BCUT2D eigenvalue weighted by atomic mass is 10.0. The summed E-state index contributed by atoms with van der Waals surface area (Å²) in [5.74, 6) is 0.456. The van der Waals surface area contributed by atoms with Crippen molar-refractivity contribution in [1.82, 2.24) is 10.6 Å². The van der Waals surface area contributed by atoms with Crippen LogP contribution in [-0.4, -0.2) is 18.5 Å². The number of nitrogens with two attached hydrogens (primary N) is 1. The highest BCUT2D eigenvalue weighted by atomic mass is 32.1. The van der Waals surface area contributed by atoms with Gasteiger partial charge in [0.25, 0.3) is 0 Å². The number of thiophene rings is 1. The minimum atomic E-state index is -0.497. The predicted molar refractivity (Wildman–Crippen MR) is 86.1 cm³/mol. The molecule has 0 radical (unpaired) electrons. The molecular formula is C15H25N3O2S. The summed E-state index contributed by atoms with van der Waals surface area (Å²) < 4.78 is 0. The van der Waals surface area contributed by atoms with E-state index in [4.69, 9.17) is 5.73 Å². The van der Waals surface area contributed by atoms with Gasteiger partial charge in [-0.1, -0.05) is 26.3 Å². The third-order valence-electron chi connectivity index (χ3n) is 3.21. The number of rotatable bonds is 9. The maximum absolute atomic E-state index is 12.0. The van der Waals surface area contributed by atoms with Gasteiger partial charge in [-0.05, 0) is 30.2 Å². The van der Waals surface area contributed by atoms with E-state index < -0.39 is 6.03 Å². The molecule has 0 aliphatic rings. The summed E-state index contributed by atoms with van der Waals surface area (Å²) in [7, 11) is 0. The molecule has 0 unspecified atom stereocenters. The molecule has 1 atom stereocenters. The minimum Gasteiger partial charge on any atom is -0.352 e. The van der Waals surface area contributed by atoms with E-state index >= 15 is 0 Å². The van der Waals surface area contributed by atoms with Crippen LogP contribution in [0.2, 0.25) is 0 Å². The summed E-state index contributed by atoms with van der Waals surface area (Å²) in [6, 6.07) is 3.66. The Morgan fingerprint density at radius 1 is 1.29 bits per heavy atom. The first-order valence-corrected chi connectivity index (χ1v) is 8.24. The highest BCUT2D eigenvalue weighted by Gasteiger charge is 2.18. The Hall–Kier alpha value is -1.56. The first-order valence-electron chi connectivity index (χ1n) is 7.36. The van der Waals surface area contributed by atoms with Gasteiger partial charge in [0.15, 0.2) is 0 Å². The number of hydrogen-bond acceptors (Lipinski definition) is 3. The maximum Gasteiger partial charge on any atom is 0.312 e. The minimum absolute atomic E-state index is 0.0879. The number of nitrogens with one attached hydrogen (secondary N) is 2. The quantitative estimate of drug-likeness (QED) is 0.613. The van der Waals surface area contributed by atoms with Gasteiger partial charge in [0.2, 0.25) is 5.91 Å². The number of unbranched alkanes of at least 4 members (excludes halogenated alkanes) is 2. The second-order valence-corrected chi connectivity index (χ2v) is 6.39. The average molecular weight is 311 g/mol. The number of carbonyl (C=O) groups is 2. The number of urea groups is 1. The zero-order valence-electron chi connectivity index (χ0n) is 12.7. The van der Waals surface area contributed by atoms with E-state index in [0.29, 0.717) is 18.9 Å². The van der Waals surface area contributed by atoms with E-state index in [9.17, 15) is 9.59 Å². The monoisotopic (exact) mass is 311 g/mol. The Balaban J connectivity index is 2.24. The fourth-order valence-corrected chi connectivity index (χ4v) is 3.03. The second kappa shape index (κ2) is 9.39. The lowest BCUT2D eigenvalue weighted by Gasteiger charge is -2.21. The fraction of sp³-hybridized carbons (Fsp3) is 0.600. The van der Waals surface area contributed by atoms with Crippen LogP contribution in [0.3, 0.4) is 0 Å². The molecule has 1 aromatic rings. The first kappa shape index (κ1) is 17.5. The number of hydrogen-bond donors (Lipinski definition) is 3. The Labute approximate surface area is 130 Å². The van der Waals surface area contributed by atoms with Crippen LogP contribution in [0.5, 0.6) is 0 Å². The van der Waals surface area contributed by atoms with Crippen molar-refractivity contribution in [2.45, 2.75) is 45.6 Å². The Morgan fingerprint density at radius 2 is 2.05 bits per heavy atom. The molecule has 5 nitrogen and oxygen atoms in total. The molecule has 1 aromatic heterocycles. The molecule has 1 heterocycles. The zero-order chi connectivity index (χ0) is 15.7. The molecule has 118 valence electrons. The molecule has 0 aliphatic heterocycles. The number of amides is 3. The van der Waals surface area contributed by atoms with Crippen LogP contribution in [0.1, 0.15) is 50.4 Å². The van der Waals surface area contributed by atoms with Gasteiger partial charge in [0, 0.05) is 17.8 Å². The highest BCUT2D eigenvalue weighted by molar-refractivity contribution is 7.10. The molecule has 0 bridgehead atoms. The van der Waals surface area contributed by atoms with Gasteiger partial charge < -0.3 is 16.4 Å². The topological polar surface area (TPSA) is 84.2 Å². The van der Waals surface area contributed by atoms with Crippen LogP contribution < -0.4 is 16.4 Å². The molecule has 1 rings (SSSR count). The smallest absolute Gasteiger partial charge is 0.312 e.